The summed E-state index contributed by atoms with van der Waals surface area (Å²) in [6.45, 7) is 6.39. The molecule has 0 saturated carbocycles. The number of benzene rings is 1. The number of aromatic nitrogens is 2. The maximum absolute atomic E-state index is 10.2. The fourth-order valence-electron chi connectivity index (χ4n) is 2.33. The molecule has 1 heterocycles. The van der Waals surface area contributed by atoms with Crippen molar-refractivity contribution in [3.63, 3.8) is 0 Å². The zero-order valence-corrected chi connectivity index (χ0v) is 12.6. The van der Waals surface area contributed by atoms with E-state index in [0.29, 0.717) is 18.9 Å². The van der Waals surface area contributed by atoms with Gasteiger partial charge in [-0.2, -0.15) is 5.10 Å². The molecule has 2 unspecified atom stereocenters. The number of aliphatic hydroxyl groups is 1. The fourth-order valence-corrected chi connectivity index (χ4v) is 2.33. The van der Waals surface area contributed by atoms with Crippen LogP contribution in [0.25, 0.3) is 0 Å². The first-order valence-corrected chi connectivity index (χ1v) is 7.36. The van der Waals surface area contributed by atoms with Crippen molar-refractivity contribution in [3.8, 4) is 0 Å². The van der Waals surface area contributed by atoms with E-state index in [2.05, 4.69) is 38.0 Å². The summed E-state index contributed by atoms with van der Waals surface area (Å²) < 4.78 is 1.98. The second-order valence-electron chi connectivity index (χ2n) is 5.53. The van der Waals surface area contributed by atoms with Gasteiger partial charge in [0.2, 0.25) is 0 Å². The topological polar surface area (TPSA) is 38.0 Å². The zero-order valence-electron chi connectivity index (χ0n) is 12.6. The predicted octanol–water partition coefficient (Wildman–Crippen LogP) is 3.31. The first kappa shape index (κ1) is 14.8. The summed E-state index contributed by atoms with van der Waals surface area (Å²) in [5, 5.41) is 14.8. The Morgan fingerprint density at radius 1 is 1.20 bits per heavy atom. The molecule has 0 amide bonds. The Kier molecular flexibility index (Phi) is 4.96. The van der Waals surface area contributed by atoms with Crippen LogP contribution in [0.4, 0.5) is 0 Å². The van der Waals surface area contributed by atoms with Crippen LogP contribution in [-0.4, -0.2) is 21.0 Å². The van der Waals surface area contributed by atoms with Gasteiger partial charge < -0.3 is 5.11 Å². The summed E-state index contributed by atoms with van der Waals surface area (Å²) >= 11 is 0. The molecule has 0 saturated heterocycles. The summed E-state index contributed by atoms with van der Waals surface area (Å²) in [6, 6.07) is 10.6. The molecule has 0 aliphatic rings. The van der Waals surface area contributed by atoms with E-state index in [9.17, 15) is 5.11 Å². The Morgan fingerprint density at radius 3 is 2.65 bits per heavy atom. The van der Waals surface area contributed by atoms with Gasteiger partial charge in [0, 0.05) is 18.7 Å². The number of aryl methyl sites for hydroxylation is 1. The number of nitrogens with zero attached hydrogens (tertiary/aromatic N) is 2. The van der Waals surface area contributed by atoms with Gasteiger partial charge >= 0.3 is 0 Å². The van der Waals surface area contributed by atoms with E-state index in [-0.39, 0.29) is 6.10 Å². The van der Waals surface area contributed by atoms with Gasteiger partial charge in [-0.15, -0.1) is 0 Å². The lowest BCUT2D eigenvalue weighted by atomic mass is 10.0. The Hall–Kier alpha value is -1.61. The zero-order chi connectivity index (χ0) is 14.5. The van der Waals surface area contributed by atoms with Crippen molar-refractivity contribution in [2.75, 3.05) is 0 Å². The van der Waals surface area contributed by atoms with Crippen LogP contribution < -0.4 is 0 Å². The third kappa shape index (κ3) is 3.70. The third-order valence-corrected chi connectivity index (χ3v) is 3.87. The average molecular weight is 272 g/mol. The average Bonchev–Trinajstić information content (AvgIpc) is 2.89. The molecule has 0 bridgehead atoms. The van der Waals surface area contributed by atoms with Crippen molar-refractivity contribution in [2.45, 2.75) is 52.2 Å². The van der Waals surface area contributed by atoms with Gasteiger partial charge in [-0.05, 0) is 43.9 Å². The standard InChI is InChI=1S/C17H24N2O/c1-4-14(3)19-10-9-16(18-19)12-17(20)11-15-8-6-5-7-13(15)2/h5-10,14,17,20H,4,11-12H2,1-3H3. The molecule has 0 fully saturated rings. The summed E-state index contributed by atoms with van der Waals surface area (Å²) in [5.74, 6) is 0. The van der Waals surface area contributed by atoms with Crippen molar-refractivity contribution in [1.82, 2.24) is 9.78 Å². The van der Waals surface area contributed by atoms with Crippen molar-refractivity contribution in [2.24, 2.45) is 0 Å². The predicted molar refractivity (Wildman–Crippen MR) is 81.8 cm³/mol. The number of hydrogen-bond acceptors (Lipinski definition) is 2. The van der Waals surface area contributed by atoms with E-state index >= 15 is 0 Å². The molecule has 2 aromatic rings. The van der Waals surface area contributed by atoms with E-state index in [1.165, 1.54) is 11.1 Å². The molecule has 108 valence electrons. The largest absolute Gasteiger partial charge is 0.392 e. The lowest BCUT2D eigenvalue weighted by Gasteiger charge is -2.12. The molecular weight excluding hydrogens is 248 g/mol. The number of rotatable bonds is 6. The van der Waals surface area contributed by atoms with Crippen molar-refractivity contribution in [1.29, 1.82) is 0 Å². The quantitative estimate of drug-likeness (QED) is 0.876. The highest BCUT2D eigenvalue weighted by Crippen LogP contribution is 2.14. The Bertz CT molecular complexity index is 547. The van der Waals surface area contributed by atoms with Gasteiger partial charge in [0.25, 0.3) is 0 Å². The molecular formula is C17H24N2O. The Labute approximate surface area is 121 Å². The van der Waals surface area contributed by atoms with Crippen molar-refractivity contribution < 1.29 is 5.11 Å². The van der Waals surface area contributed by atoms with Crippen LogP contribution in [0.3, 0.4) is 0 Å². The normalized spacial score (nSPS) is 14.2. The molecule has 20 heavy (non-hydrogen) atoms. The molecule has 1 aromatic carbocycles. The van der Waals surface area contributed by atoms with E-state index < -0.39 is 0 Å². The summed E-state index contributed by atoms with van der Waals surface area (Å²) in [5.41, 5.74) is 3.41. The molecule has 0 radical (unpaired) electrons. The molecule has 0 aliphatic carbocycles. The monoisotopic (exact) mass is 272 g/mol. The van der Waals surface area contributed by atoms with E-state index in [0.717, 1.165) is 12.1 Å². The van der Waals surface area contributed by atoms with Crippen LogP contribution in [0, 0.1) is 6.92 Å². The second-order valence-corrected chi connectivity index (χ2v) is 5.53. The minimum absolute atomic E-state index is 0.378. The molecule has 1 aromatic heterocycles. The highest BCUT2D eigenvalue weighted by atomic mass is 16.3. The van der Waals surface area contributed by atoms with Gasteiger partial charge in [0.15, 0.2) is 0 Å². The van der Waals surface area contributed by atoms with Crippen molar-refractivity contribution in [3.05, 3.63) is 53.3 Å². The van der Waals surface area contributed by atoms with Gasteiger partial charge in [-0.3, -0.25) is 4.68 Å². The van der Waals surface area contributed by atoms with Crippen LogP contribution in [0.15, 0.2) is 36.5 Å². The molecule has 2 atom stereocenters. The van der Waals surface area contributed by atoms with Crippen LogP contribution >= 0.6 is 0 Å². The number of aliphatic hydroxyl groups excluding tert-OH is 1. The van der Waals surface area contributed by atoms with Crippen LogP contribution in [0.1, 0.15) is 43.1 Å². The molecule has 3 nitrogen and oxygen atoms in total. The Morgan fingerprint density at radius 2 is 1.95 bits per heavy atom. The van der Waals surface area contributed by atoms with Crippen molar-refractivity contribution >= 4 is 0 Å². The van der Waals surface area contributed by atoms with Crippen LogP contribution in [0.5, 0.6) is 0 Å². The summed E-state index contributed by atoms with van der Waals surface area (Å²) in [7, 11) is 0. The molecule has 1 N–H and O–H groups in total. The smallest absolute Gasteiger partial charge is 0.0650 e. The third-order valence-electron chi connectivity index (χ3n) is 3.87. The molecule has 0 aliphatic heterocycles. The fraction of sp³-hybridized carbons (Fsp3) is 0.471. The molecule has 0 spiro atoms. The van der Waals surface area contributed by atoms with Gasteiger partial charge in [-0.25, -0.2) is 0 Å². The second kappa shape index (κ2) is 6.71. The molecule has 2 rings (SSSR count). The summed E-state index contributed by atoms with van der Waals surface area (Å²) in [4.78, 5) is 0. The SMILES string of the molecule is CCC(C)n1ccc(CC(O)Cc2ccccc2C)n1. The maximum atomic E-state index is 10.2. The van der Waals surface area contributed by atoms with Crippen LogP contribution in [-0.2, 0) is 12.8 Å². The van der Waals surface area contributed by atoms with Crippen LogP contribution in [0.2, 0.25) is 0 Å². The minimum atomic E-state index is -0.378. The highest BCUT2D eigenvalue weighted by Gasteiger charge is 2.11. The first-order valence-electron chi connectivity index (χ1n) is 7.36. The van der Waals surface area contributed by atoms with Gasteiger partial charge in [0.05, 0.1) is 11.8 Å². The minimum Gasteiger partial charge on any atom is -0.392 e. The van der Waals surface area contributed by atoms with Gasteiger partial charge in [0.1, 0.15) is 0 Å². The van der Waals surface area contributed by atoms with E-state index in [1.807, 2.05) is 29.1 Å². The van der Waals surface area contributed by atoms with Gasteiger partial charge in [-0.1, -0.05) is 31.2 Å². The van der Waals surface area contributed by atoms with E-state index in [1.54, 1.807) is 0 Å². The number of hydrogen-bond donors (Lipinski definition) is 1. The van der Waals surface area contributed by atoms with E-state index in [4.69, 9.17) is 0 Å². The first-order chi connectivity index (χ1) is 9.60. The Balaban J connectivity index is 1.96. The highest BCUT2D eigenvalue weighted by molar-refractivity contribution is 5.26. The summed E-state index contributed by atoms with van der Waals surface area (Å²) in [6.07, 6.45) is 3.98. The maximum Gasteiger partial charge on any atom is 0.0650 e. The lowest BCUT2D eigenvalue weighted by Crippen LogP contribution is -2.15. The molecule has 3 heteroatoms. The lowest BCUT2D eigenvalue weighted by molar-refractivity contribution is 0.173.